The van der Waals surface area contributed by atoms with E-state index in [1.807, 2.05) is 0 Å². The van der Waals surface area contributed by atoms with Gasteiger partial charge in [0.2, 0.25) is 5.91 Å². The van der Waals surface area contributed by atoms with E-state index in [2.05, 4.69) is 16.0 Å². The Bertz CT molecular complexity index is 1490. The number of hydrogen-bond acceptors (Lipinski definition) is 5. The molecule has 8 nitrogen and oxygen atoms in total. The maximum Gasteiger partial charge on any atom is 0.416 e. The lowest BCUT2D eigenvalue weighted by Crippen LogP contribution is -2.52. The monoisotopic (exact) mass is 602 g/mol. The first-order valence-corrected chi connectivity index (χ1v) is 13.6. The van der Waals surface area contributed by atoms with Gasteiger partial charge in [0.25, 0.3) is 5.91 Å². The van der Waals surface area contributed by atoms with Crippen molar-refractivity contribution in [1.29, 1.82) is 0 Å². The van der Waals surface area contributed by atoms with Crippen LogP contribution in [0.4, 0.5) is 27.6 Å². The molecule has 1 aromatic heterocycles. The molecular weight excluding hydrogens is 583 g/mol. The summed E-state index contributed by atoms with van der Waals surface area (Å²) in [6.07, 6.45) is -6.32. The van der Waals surface area contributed by atoms with E-state index in [0.29, 0.717) is 12.1 Å². The highest BCUT2D eigenvalue weighted by Gasteiger charge is 2.38. The van der Waals surface area contributed by atoms with Gasteiger partial charge in [0.05, 0.1) is 34.7 Å². The summed E-state index contributed by atoms with van der Waals surface area (Å²) in [5, 5.41) is 19.0. The van der Waals surface area contributed by atoms with Crippen LogP contribution in [0.1, 0.15) is 45.1 Å². The van der Waals surface area contributed by atoms with E-state index in [1.54, 1.807) is 0 Å². The molecule has 0 aliphatic carbocycles. The van der Waals surface area contributed by atoms with Gasteiger partial charge in [0.1, 0.15) is 35.9 Å². The lowest BCUT2D eigenvalue weighted by Gasteiger charge is -2.33. The minimum absolute atomic E-state index is 0.0545. The van der Waals surface area contributed by atoms with Crippen LogP contribution in [-0.2, 0) is 28.7 Å². The van der Waals surface area contributed by atoms with E-state index in [1.165, 1.54) is 16.7 Å². The number of carbonyl (C=O) groups excluding carboxylic acids is 2. The number of aliphatic hydroxyl groups is 1. The van der Waals surface area contributed by atoms with Gasteiger partial charge >= 0.3 is 6.18 Å². The van der Waals surface area contributed by atoms with Crippen molar-refractivity contribution in [2.75, 3.05) is 16.8 Å². The summed E-state index contributed by atoms with van der Waals surface area (Å²) in [4.78, 5) is 25.8. The Kier molecular flexibility index (Phi) is 7.56. The fourth-order valence-corrected chi connectivity index (χ4v) is 5.88. The van der Waals surface area contributed by atoms with Gasteiger partial charge in [0, 0.05) is 16.1 Å². The molecule has 15 heteroatoms. The van der Waals surface area contributed by atoms with Crippen LogP contribution in [0.3, 0.4) is 0 Å². The molecular formula is C25H20ClF5N4O4S. The average Bonchev–Trinajstić information content (AvgIpc) is 3.21. The quantitative estimate of drug-likeness (QED) is 0.195. The Balaban J connectivity index is 1.58. The van der Waals surface area contributed by atoms with Crippen LogP contribution in [0, 0.1) is 11.6 Å². The van der Waals surface area contributed by atoms with Crippen molar-refractivity contribution in [2.24, 2.45) is 0 Å². The van der Waals surface area contributed by atoms with Gasteiger partial charge in [-0.15, -0.1) is 0 Å². The highest BCUT2D eigenvalue weighted by atomic mass is 35.5. The van der Waals surface area contributed by atoms with Crippen LogP contribution in [0.25, 0.3) is 0 Å². The second-order valence-corrected chi connectivity index (χ2v) is 11.3. The number of anilines is 1. The van der Waals surface area contributed by atoms with E-state index >= 15 is 0 Å². The average molecular weight is 603 g/mol. The molecule has 0 radical (unpaired) electrons. The zero-order valence-corrected chi connectivity index (χ0v) is 21.8. The molecule has 2 amide bonds. The molecule has 4 N–H and O–H groups in total. The summed E-state index contributed by atoms with van der Waals surface area (Å²) in [6, 6.07) is 4.66. The molecule has 1 saturated heterocycles. The van der Waals surface area contributed by atoms with Crippen molar-refractivity contribution < 1.29 is 41.2 Å². The summed E-state index contributed by atoms with van der Waals surface area (Å²) in [5.41, 5.74) is -1.72. The smallest absolute Gasteiger partial charge is 0.416 e. The molecule has 40 heavy (non-hydrogen) atoms. The number of rotatable bonds is 6. The number of benzene rings is 2. The number of amides is 2. The highest BCUT2D eigenvalue weighted by molar-refractivity contribution is 7.92. The van der Waals surface area contributed by atoms with Crippen LogP contribution < -0.4 is 16.0 Å². The lowest BCUT2D eigenvalue weighted by molar-refractivity contribution is -0.137. The van der Waals surface area contributed by atoms with Crippen molar-refractivity contribution in [2.45, 2.75) is 31.0 Å². The van der Waals surface area contributed by atoms with Crippen molar-refractivity contribution in [3.8, 4) is 0 Å². The van der Waals surface area contributed by atoms with Crippen LogP contribution in [0.2, 0.25) is 5.02 Å². The fraction of sp³-hybridized carbons (Fsp3) is 0.280. The molecule has 2 aliphatic rings. The summed E-state index contributed by atoms with van der Waals surface area (Å²) >= 11 is 5.27. The van der Waals surface area contributed by atoms with Crippen LogP contribution in [0.5, 0.6) is 0 Å². The lowest BCUT2D eigenvalue weighted by atomic mass is 10.0. The van der Waals surface area contributed by atoms with E-state index in [9.17, 15) is 41.2 Å². The predicted molar refractivity (Wildman–Crippen MR) is 135 cm³/mol. The highest BCUT2D eigenvalue weighted by Crippen LogP contribution is 2.39. The summed E-state index contributed by atoms with van der Waals surface area (Å²) in [5.74, 6) is -3.03. The standard InChI is InChI=1S/C25H20ClF5N4O4S/c26-17-2-1-13(27)6-16(17)21-22-18(33-23(37)11-3-12(25(29,30)31)5-14(28)4-11)7-19(35(22)8-20(36)34-21)24(38)32-15-9-40(39)10-15/h1-7,15,21,24,32,38H,8-10H2,(H,33,37)(H,34,36). The summed E-state index contributed by atoms with van der Waals surface area (Å²) < 4.78 is 80.7. The van der Waals surface area contributed by atoms with Gasteiger partial charge in [-0.1, -0.05) is 22.8 Å². The number of hydrogen-bond donors (Lipinski definition) is 4. The van der Waals surface area contributed by atoms with Crippen molar-refractivity contribution in [3.05, 3.63) is 87.2 Å². The van der Waals surface area contributed by atoms with Crippen molar-refractivity contribution >= 4 is 40.3 Å². The Morgan fingerprint density at radius 3 is 2.55 bits per heavy atom. The molecule has 2 atom stereocenters. The number of aliphatic hydroxyl groups excluding tert-OH is 1. The first kappa shape index (κ1) is 28.4. The number of aromatic nitrogens is 1. The Hall–Kier alpha value is -3.17. The molecule has 0 spiro atoms. The Labute approximate surface area is 231 Å². The van der Waals surface area contributed by atoms with Gasteiger partial charge in [-0.3, -0.25) is 14.9 Å². The van der Waals surface area contributed by atoms with Crippen LogP contribution in [0.15, 0.2) is 42.5 Å². The maximum absolute atomic E-state index is 14.2. The number of nitrogens with one attached hydrogen (secondary N) is 3. The van der Waals surface area contributed by atoms with Gasteiger partial charge in [-0.25, -0.2) is 8.78 Å². The van der Waals surface area contributed by atoms with Gasteiger partial charge in [0.15, 0.2) is 0 Å². The molecule has 1 fully saturated rings. The topological polar surface area (TPSA) is 118 Å². The van der Waals surface area contributed by atoms with E-state index in [0.717, 1.165) is 12.1 Å². The molecule has 0 saturated carbocycles. The first-order valence-electron chi connectivity index (χ1n) is 11.8. The number of alkyl halides is 3. The molecule has 5 rings (SSSR count). The fourth-order valence-electron chi connectivity index (χ4n) is 4.66. The second-order valence-electron chi connectivity index (χ2n) is 9.34. The molecule has 0 bridgehead atoms. The number of nitrogens with zero attached hydrogens (tertiary/aromatic N) is 1. The number of fused-ring (bicyclic) bond motifs is 1. The van der Waals surface area contributed by atoms with E-state index in [4.69, 9.17) is 11.6 Å². The van der Waals surface area contributed by atoms with Gasteiger partial charge in [-0.05, 0) is 42.5 Å². The Morgan fingerprint density at radius 1 is 1.15 bits per heavy atom. The molecule has 2 aromatic carbocycles. The van der Waals surface area contributed by atoms with Crippen LogP contribution in [-0.4, -0.2) is 43.6 Å². The normalized spacial score (nSPS) is 21.3. The number of halogens is 6. The van der Waals surface area contributed by atoms with Crippen LogP contribution >= 0.6 is 11.6 Å². The molecule has 3 heterocycles. The summed E-state index contributed by atoms with van der Waals surface area (Å²) in [7, 11) is 0. The second kappa shape index (κ2) is 10.7. The Morgan fingerprint density at radius 2 is 1.88 bits per heavy atom. The minimum Gasteiger partial charge on any atom is -0.616 e. The molecule has 3 aromatic rings. The zero-order valence-electron chi connectivity index (χ0n) is 20.2. The van der Waals surface area contributed by atoms with Gasteiger partial charge in [-0.2, -0.15) is 13.2 Å². The molecule has 212 valence electrons. The zero-order chi connectivity index (χ0) is 28.9. The SMILES string of the molecule is O=C1Cn2c(C(O)NC3C[S+]([O-])C3)cc(NC(=O)c3cc(F)cc(C(F)(F)F)c3)c2C(c2cc(F)ccc2Cl)N1. The maximum atomic E-state index is 14.2. The van der Waals surface area contributed by atoms with E-state index < -0.39 is 64.2 Å². The summed E-state index contributed by atoms with van der Waals surface area (Å²) in [6.45, 7) is -0.336. The molecule has 2 unspecified atom stereocenters. The third kappa shape index (κ3) is 5.67. The third-order valence-corrected chi connectivity index (χ3v) is 8.40. The minimum atomic E-state index is -4.91. The van der Waals surface area contributed by atoms with Crippen molar-refractivity contribution in [1.82, 2.24) is 15.2 Å². The third-order valence-electron chi connectivity index (χ3n) is 6.50. The first-order chi connectivity index (χ1) is 18.8. The van der Waals surface area contributed by atoms with Crippen molar-refractivity contribution in [3.63, 3.8) is 0 Å². The largest absolute Gasteiger partial charge is 0.616 e. The van der Waals surface area contributed by atoms with E-state index in [-0.39, 0.29) is 57.8 Å². The molecule has 2 aliphatic heterocycles. The predicted octanol–water partition coefficient (Wildman–Crippen LogP) is 3.62. The van der Waals surface area contributed by atoms with Gasteiger partial charge < -0.3 is 24.9 Å². The number of carbonyl (C=O) groups is 2.